The number of halogens is 1. The van der Waals surface area contributed by atoms with Crippen molar-refractivity contribution in [1.82, 2.24) is 9.21 Å². The van der Waals surface area contributed by atoms with Crippen LogP contribution in [-0.2, 0) is 10.0 Å². The Bertz CT molecular complexity index is 1090. The molecule has 0 amide bonds. The van der Waals surface area contributed by atoms with Gasteiger partial charge in [0.05, 0.1) is 10.9 Å². The summed E-state index contributed by atoms with van der Waals surface area (Å²) in [5.41, 5.74) is 3.12. The Morgan fingerprint density at radius 1 is 0.767 bits per heavy atom. The minimum Gasteiger partial charge on any atom is -0.290 e. The Balaban J connectivity index is 1.57. The average molecular weight is 441 g/mol. The first-order valence-electron chi connectivity index (χ1n) is 10.1. The van der Waals surface area contributed by atoms with Crippen LogP contribution in [0.1, 0.15) is 22.7 Å². The summed E-state index contributed by atoms with van der Waals surface area (Å²) in [5.74, 6) is 0. The molecule has 1 fully saturated rings. The number of rotatable bonds is 5. The first kappa shape index (κ1) is 21.1. The number of hydrogen-bond acceptors (Lipinski definition) is 3. The molecule has 4 nitrogen and oxygen atoms in total. The van der Waals surface area contributed by atoms with Gasteiger partial charge in [0.2, 0.25) is 10.0 Å². The van der Waals surface area contributed by atoms with Gasteiger partial charge in [-0.2, -0.15) is 4.31 Å². The fourth-order valence-corrected chi connectivity index (χ4v) is 5.86. The lowest BCUT2D eigenvalue weighted by Gasteiger charge is -2.39. The second kappa shape index (κ2) is 8.90. The van der Waals surface area contributed by atoms with Crippen LogP contribution in [0.2, 0.25) is 5.02 Å². The van der Waals surface area contributed by atoms with Crippen LogP contribution in [0.4, 0.5) is 0 Å². The SMILES string of the molecule is Cc1ccccc1S(=O)(=O)N1CCN(C(c2ccccc2)c2ccc(Cl)cc2)CC1. The second-order valence-corrected chi connectivity index (χ2v) is 9.91. The van der Waals surface area contributed by atoms with Gasteiger partial charge in [-0.05, 0) is 41.8 Å². The lowest BCUT2D eigenvalue weighted by molar-refractivity contribution is 0.156. The fourth-order valence-electron chi connectivity index (χ4n) is 4.08. The molecule has 0 bridgehead atoms. The van der Waals surface area contributed by atoms with Gasteiger partial charge in [0, 0.05) is 31.2 Å². The van der Waals surface area contributed by atoms with Crippen LogP contribution in [0.25, 0.3) is 0 Å². The van der Waals surface area contributed by atoms with E-state index < -0.39 is 10.0 Å². The van der Waals surface area contributed by atoms with E-state index in [0.717, 1.165) is 11.1 Å². The molecule has 3 aromatic rings. The Labute approximate surface area is 183 Å². The van der Waals surface area contributed by atoms with Gasteiger partial charge in [-0.15, -0.1) is 0 Å². The zero-order chi connectivity index (χ0) is 21.1. The van der Waals surface area contributed by atoms with Crippen molar-refractivity contribution in [3.05, 3.63) is 101 Å². The fraction of sp³-hybridized carbons (Fsp3) is 0.250. The number of hydrogen-bond donors (Lipinski definition) is 0. The van der Waals surface area contributed by atoms with E-state index in [0.29, 0.717) is 36.1 Å². The lowest BCUT2D eigenvalue weighted by Crippen LogP contribution is -2.49. The number of aryl methyl sites for hydroxylation is 1. The Kier molecular flexibility index (Phi) is 6.25. The molecule has 0 saturated carbocycles. The van der Waals surface area contributed by atoms with Crippen molar-refractivity contribution in [1.29, 1.82) is 0 Å². The summed E-state index contributed by atoms with van der Waals surface area (Å²) in [5, 5.41) is 0.708. The predicted molar refractivity (Wildman–Crippen MR) is 121 cm³/mol. The van der Waals surface area contributed by atoms with Crippen molar-refractivity contribution in [2.24, 2.45) is 0 Å². The molecule has 0 aromatic heterocycles. The summed E-state index contributed by atoms with van der Waals surface area (Å²) in [6.45, 7) is 4.09. The van der Waals surface area contributed by atoms with Gasteiger partial charge >= 0.3 is 0 Å². The molecular weight excluding hydrogens is 416 g/mol. The number of nitrogens with zero attached hydrogens (tertiary/aromatic N) is 2. The largest absolute Gasteiger partial charge is 0.290 e. The third kappa shape index (κ3) is 4.30. The van der Waals surface area contributed by atoms with Crippen LogP contribution in [0.15, 0.2) is 83.8 Å². The smallest absolute Gasteiger partial charge is 0.243 e. The Morgan fingerprint density at radius 3 is 1.97 bits per heavy atom. The molecule has 30 heavy (non-hydrogen) atoms. The van der Waals surface area contributed by atoms with Crippen molar-refractivity contribution >= 4 is 21.6 Å². The lowest BCUT2D eigenvalue weighted by atomic mass is 9.96. The van der Waals surface area contributed by atoms with Crippen LogP contribution in [0.5, 0.6) is 0 Å². The van der Waals surface area contributed by atoms with E-state index in [1.807, 2.05) is 49.4 Å². The van der Waals surface area contributed by atoms with Crippen LogP contribution < -0.4 is 0 Å². The van der Waals surface area contributed by atoms with Crippen LogP contribution in [0.3, 0.4) is 0 Å². The van der Waals surface area contributed by atoms with E-state index in [4.69, 9.17) is 11.6 Å². The minimum atomic E-state index is -3.49. The standard InChI is InChI=1S/C24H25ClN2O2S/c1-19-7-5-6-10-23(19)30(28,29)27-17-15-26(16-18-27)24(20-8-3-2-4-9-20)21-11-13-22(25)14-12-21/h2-14,24H,15-18H2,1H3. The van der Waals surface area contributed by atoms with E-state index in [9.17, 15) is 8.42 Å². The van der Waals surface area contributed by atoms with Crippen molar-refractivity contribution in [2.75, 3.05) is 26.2 Å². The van der Waals surface area contributed by atoms with Crippen LogP contribution in [-0.4, -0.2) is 43.8 Å². The van der Waals surface area contributed by atoms with Gasteiger partial charge in [0.25, 0.3) is 0 Å². The average Bonchev–Trinajstić information content (AvgIpc) is 2.77. The maximum absolute atomic E-state index is 13.2. The normalized spacial score (nSPS) is 17.0. The summed E-state index contributed by atoms with van der Waals surface area (Å²) in [6.07, 6.45) is 0. The van der Waals surface area contributed by atoms with Gasteiger partial charge in [-0.25, -0.2) is 8.42 Å². The number of piperazine rings is 1. The highest BCUT2D eigenvalue weighted by atomic mass is 35.5. The summed E-state index contributed by atoms with van der Waals surface area (Å²) >= 11 is 6.10. The van der Waals surface area contributed by atoms with E-state index in [2.05, 4.69) is 29.2 Å². The van der Waals surface area contributed by atoms with Gasteiger partial charge in [-0.3, -0.25) is 4.90 Å². The molecule has 0 aliphatic carbocycles. The number of benzene rings is 3. The molecule has 1 saturated heterocycles. The predicted octanol–water partition coefficient (Wildman–Crippen LogP) is 4.74. The van der Waals surface area contributed by atoms with Crippen molar-refractivity contribution in [2.45, 2.75) is 17.9 Å². The molecule has 0 radical (unpaired) electrons. The summed E-state index contributed by atoms with van der Waals surface area (Å²) in [7, 11) is -3.49. The minimum absolute atomic E-state index is 0.0618. The third-order valence-electron chi connectivity index (χ3n) is 5.65. The van der Waals surface area contributed by atoms with Crippen molar-refractivity contribution < 1.29 is 8.42 Å². The second-order valence-electron chi connectivity index (χ2n) is 7.57. The monoisotopic (exact) mass is 440 g/mol. The van der Waals surface area contributed by atoms with Gasteiger partial charge in [0.1, 0.15) is 0 Å². The molecule has 6 heteroatoms. The summed E-state index contributed by atoms with van der Waals surface area (Å²) in [6, 6.07) is 25.5. The van der Waals surface area contributed by atoms with Gasteiger partial charge < -0.3 is 0 Å². The molecule has 0 spiro atoms. The highest BCUT2D eigenvalue weighted by molar-refractivity contribution is 7.89. The van der Waals surface area contributed by atoms with E-state index in [1.165, 1.54) is 5.56 Å². The molecule has 1 heterocycles. The molecule has 1 atom stereocenters. The quantitative estimate of drug-likeness (QED) is 0.575. The maximum atomic E-state index is 13.2. The topological polar surface area (TPSA) is 40.6 Å². The molecule has 1 aliphatic heterocycles. The maximum Gasteiger partial charge on any atom is 0.243 e. The molecular formula is C24H25ClN2O2S. The highest BCUT2D eigenvalue weighted by Crippen LogP contribution is 2.31. The zero-order valence-corrected chi connectivity index (χ0v) is 18.5. The highest BCUT2D eigenvalue weighted by Gasteiger charge is 2.32. The molecule has 156 valence electrons. The van der Waals surface area contributed by atoms with Crippen LogP contribution >= 0.6 is 11.6 Å². The van der Waals surface area contributed by atoms with Crippen molar-refractivity contribution in [3.63, 3.8) is 0 Å². The zero-order valence-electron chi connectivity index (χ0n) is 16.9. The molecule has 3 aromatic carbocycles. The summed E-state index contributed by atoms with van der Waals surface area (Å²) in [4.78, 5) is 2.75. The number of sulfonamides is 1. The van der Waals surface area contributed by atoms with Gasteiger partial charge in [-0.1, -0.05) is 72.3 Å². The molecule has 1 aliphatic rings. The molecule has 4 rings (SSSR count). The Hall–Kier alpha value is -2.18. The third-order valence-corrected chi connectivity index (χ3v) is 7.96. The summed E-state index contributed by atoms with van der Waals surface area (Å²) < 4.78 is 27.9. The first-order chi connectivity index (χ1) is 14.5. The molecule has 1 unspecified atom stereocenters. The van der Waals surface area contributed by atoms with Gasteiger partial charge in [0.15, 0.2) is 0 Å². The molecule has 0 N–H and O–H groups in total. The first-order valence-corrected chi connectivity index (χ1v) is 11.9. The Morgan fingerprint density at radius 2 is 1.33 bits per heavy atom. The van der Waals surface area contributed by atoms with Crippen LogP contribution in [0, 0.1) is 6.92 Å². The van der Waals surface area contributed by atoms with E-state index in [-0.39, 0.29) is 6.04 Å². The van der Waals surface area contributed by atoms with E-state index >= 15 is 0 Å². The van der Waals surface area contributed by atoms with Crippen molar-refractivity contribution in [3.8, 4) is 0 Å². The van der Waals surface area contributed by atoms with E-state index in [1.54, 1.807) is 16.4 Å².